The quantitative estimate of drug-likeness (QED) is 0.295. The van der Waals surface area contributed by atoms with Crippen LogP contribution in [0.15, 0.2) is 12.2 Å². The Kier molecular flexibility index (Phi) is 10.9. The van der Waals surface area contributed by atoms with Crippen molar-refractivity contribution in [3.8, 4) is 0 Å². The predicted octanol–water partition coefficient (Wildman–Crippen LogP) is 4.20. The third kappa shape index (κ3) is 7.30. The Labute approximate surface area is 158 Å². The molecule has 0 bridgehead atoms. The highest BCUT2D eigenvalue weighted by Crippen LogP contribution is 2.25. The SMILES string of the molecule is CCCCCC(=O)/C=C/C1CCCC(=O)N1C(CCCCC)C(=O)OC. The lowest BCUT2D eigenvalue weighted by atomic mass is 9.95. The summed E-state index contributed by atoms with van der Waals surface area (Å²) in [6.07, 6.45) is 12.6. The van der Waals surface area contributed by atoms with Crippen molar-refractivity contribution in [3.63, 3.8) is 0 Å². The lowest BCUT2D eigenvalue weighted by molar-refractivity contribution is -0.156. The number of ketones is 1. The van der Waals surface area contributed by atoms with Crippen molar-refractivity contribution in [2.24, 2.45) is 0 Å². The van der Waals surface area contributed by atoms with Gasteiger partial charge in [0.15, 0.2) is 5.78 Å². The van der Waals surface area contributed by atoms with E-state index in [1.54, 1.807) is 11.0 Å². The molecule has 5 heteroatoms. The van der Waals surface area contributed by atoms with Crippen molar-refractivity contribution in [2.75, 3.05) is 7.11 Å². The number of likely N-dealkylation sites (tertiary alicyclic amines) is 1. The average Bonchev–Trinajstić information content (AvgIpc) is 2.64. The highest BCUT2D eigenvalue weighted by atomic mass is 16.5. The predicted molar refractivity (Wildman–Crippen MR) is 103 cm³/mol. The Balaban J connectivity index is 2.84. The highest BCUT2D eigenvalue weighted by Gasteiger charge is 2.36. The number of ether oxygens (including phenoxy) is 1. The van der Waals surface area contributed by atoms with Crippen LogP contribution in [0.2, 0.25) is 0 Å². The fraction of sp³-hybridized carbons (Fsp3) is 0.762. The summed E-state index contributed by atoms with van der Waals surface area (Å²) in [6, 6.07) is -0.749. The van der Waals surface area contributed by atoms with Gasteiger partial charge in [0.05, 0.1) is 13.2 Å². The Morgan fingerprint density at radius 3 is 2.54 bits per heavy atom. The minimum Gasteiger partial charge on any atom is -0.467 e. The number of unbranched alkanes of at least 4 members (excludes halogenated alkanes) is 4. The van der Waals surface area contributed by atoms with Crippen LogP contribution in [0.5, 0.6) is 0 Å². The summed E-state index contributed by atoms with van der Waals surface area (Å²) in [5, 5.41) is 0. The molecule has 0 aromatic heterocycles. The number of esters is 1. The van der Waals surface area contributed by atoms with Gasteiger partial charge in [0.1, 0.15) is 6.04 Å². The summed E-state index contributed by atoms with van der Waals surface area (Å²) in [5.74, 6) is -0.280. The first-order valence-electron chi connectivity index (χ1n) is 10.1. The van der Waals surface area contributed by atoms with Crippen LogP contribution < -0.4 is 0 Å². The van der Waals surface area contributed by atoms with Crippen LogP contribution in [0.1, 0.15) is 84.5 Å². The summed E-state index contributed by atoms with van der Waals surface area (Å²) < 4.78 is 4.96. The van der Waals surface area contributed by atoms with E-state index in [2.05, 4.69) is 13.8 Å². The number of carbonyl (C=O) groups is 3. The van der Waals surface area contributed by atoms with E-state index in [1.807, 2.05) is 6.08 Å². The normalized spacial score (nSPS) is 19.0. The Hall–Kier alpha value is -1.65. The summed E-state index contributed by atoms with van der Waals surface area (Å²) in [6.45, 7) is 4.21. The molecule has 2 atom stereocenters. The van der Waals surface area contributed by atoms with Gasteiger partial charge in [-0.15, -0.1) is 0 Å². The molecule has 1 amide bonds. The van der Waals surface area contributed by atoms with E-state index in [9.17, 15) is 14.4 Å². The van der Waals surface area contributed by atoms with Crippen molar-refractivity contribution in [3.05, 3.63) is 12.2 Å². The van der Waals surface area contributed by atoms with E-state index in [0.29, 0.717) is 19.3 Å². The van der Waals surface area contributed by atoms with E-state index in [0.717, 1.165) is 51.4 Å². The first-order chi connectivity index (χ1) is 12.5. The molecule has 1 aliphatic heterocycles. The third-order valence-electron chi connectivity index (χ3n) is 4.96. The number of nitrogens with zero attached hydrogens (tertiary/aromatic N) is 1. The van der Waals surface area contributed by atoms with Crippen molar-refractivity contribution >= 4 is 17.7 Å². The average molecular weight is 366 g/mol. The van der Waals surface area contributed by atoms with Crippen molar-refractivity contribution in [1.29, 1.82) is 0 Å². The first-order valence-corrected chi connectivity index (χ1v) is 10.1. The number of hydrogen-bond donors (Lipinski definition) is 0. The lowest BCUT2D eigenvalue weighted by Crippen LogP contribution is -2.52. The lowest BCUT2D eigenvalue weighted by Gasteiger charge is -2.38. The number of rotatable bonds is 12. The summed E-state index contributed by atoms with van der Waals surface area (Å²) in [4.78, 5) is 38.6. The maximum absolute atomic E-state index is 12.6. The Bertz CT molecular complexity index is 486. The number of methoxy groups -OCH3 is 1. The van der Waals surface area contributed by atoms with Crippen LogP contribution in [-0.4, -0.2) is 41.8 Å². The maximum Gasteiger partial charge on any atom is 0.328 e. The number of carbonyl (C=O) groups excluding carboxylic acids is 3. The minimum atomic E-state index is -0.552. The van der Waals surface area contributed by atoms with Crippen LogP contribution in [0.4, 0.5) is 0 Å². The number of piperidine rings is 1. The van der Waals surface area contributed by atoms with Gasteiger partial charge in [0, 0.05) is 12.8 Å². The van der Waals surface area contributed by atoms with Crippen LogP contribution in [0.3, 0.4) is 0 Å². The number of allylic oxidation sites excluding steroid dienone is 1. The molecule has 1 fully saturated rings. The molecule has 0 spiro atoms. The largest absolute Gasteiger partial charge is 0.467 e. The molecular weight excluding hydrogens is 330 g/mol. The molecule has 1 aliphatic rings. The van der Waals surface area contributed by atoms with Gasteiger partial charge in [-0.1, -0.05) is 52.0 Å². The molecule has 1 heterocycles. The molecule has 2 unspecified atom stereocenters. The van der Waals surface area contributed by atoms with Gasteiger partial charge in [-0.05, 0) is 31.8 Å². The minimum absolute atomic E-state index is 0.0174. The molecule has 0 saturated carbocycles. The van der Waals surface area contributed by atoms with Gasteiger partial charge in [0.25, 0.3) is 0 Å². The number of amides is 1. The Morgan fingerprint density at radius 2 is 1.88 bits per heavy atom. The van der Waals surface area contributed by atoms with Gasteiger partial charge in [-0.2, -0.15) is 0 Å². The first kappa shape index (κ1) is 22.4. The van der Waals surface area contributed by atoms with Crippen molar-refractivity contribution < 1.29 is 19.1 Å². The van der Waals surface area contributed by atoms with E-state index in [-0.39, 0.29) is 23.7 Å². The van der Waals surface area contributed by atoms with E-state index < -0.39 is 6.04 Å². The molecule has 0 aromatic rings. The molecule has 1 rings (SSSR count). The smallest absolute Gasteiger partial charge is 0.328 e. The highest BCUT2D eigenvalue weighted by molar-refractivity contribution is 5.90. The molecule has 0 aliphatic carbocycles. The van der Waals surface area contributed by atoms with E-state index >= 15 is 0 Å². The molecule has 0 N–H and O–H groups in total. The van der Waals surface area contributed by atoms with Crippen molar-refractivity contribution in [1.82, 2.24) is 4.90 Å². The van der Waals surface area contributed by atoms with Gasteiger partial charge in [-0.3, -0.25) is 9.59 Å². The standard InChI is InChI=1S/C21H35NO4/c1-4-6-8-12-18(23)16-15-17-11-10-14-20(24)22(17)19(21(25)26-3)13-9-7-5-2/h15-17,19H,4-14H2,1-3H3/b16-15+. The second-order valence-electron chi connectivity index (χ2n) is 7.08. The molecule has 26 heavy (non-hydrogen) atoms. The summed E-state index contributed by atoms with van der Waals surface area (Å²) in [7, 11) is 1.37. The molecule has 1 saturated heterocycles. The second kappa shape index (κ2) is 12.7. The van der Waals surface area contributed by atoms with Gasteiger partial charge in [0.2, 0.25) is 5.91 Å². The zero-order valence-electron chi connectivity index (χ0n) is 16.7. The summed E-state index contributed by atoms with van der Waals surface area (Å²) >= 11 is 0. The van der Waals surface area contributed by atoms with Crippen LogP contribution in [0.25, 0.3) is 0 Å². The van der Waals surface area contributed by atoms with Crippen LogP contribution in [-0.2, 0) is 19.1 Å². The van der Waals surface area contributed by atoms with E-state index in [1.165, 1.54) is 7.11 Å². The van der Waals surface area contributed by atoms with Crippen LogP contribution >= 0.6 is 0 Å². The van der Waals surface area contributed by atoms with Crippen molar-refractivity contribution in [2.45, 2.75) is 96.6 Å². The zero-order valence-corrected chi connectivity index (χ0v) is 16.7. The third-order valence-corrected chi connectivity index (χ3v) is 4.96. The monoisotopic (exact) mass is 365 g/mol. The fourth-order valence-corrected chi connectivity index (χ4v) is 3.45. The van der Waals surface area contributed by atoms with Gasteiger partial charge in [-0.25, -0.2) is 4.79 Å². The fourth-order valence-electron chi connectivity index (χ4n) is 3.45. The topological polar surface area (TPSA) is 63.7 Å². The molecular formula is C21H35NO4. The zero-order chi connectivity index (χ0) is 19.4. The molecule has 148 valence electrons. The van der Waals surface area contributed by atoms with E-state index in [4.69, 9.17) is 4.74 Å². The van der Waals surface area contributed by atoms with Crippen LogP contribution in [0, 0.1) is 0 Å². The Morgan fingerprint density at radius 1 is 1.19 bits per heavy atom. The van der Waals surface area contributed by atoms with Gasteiger partial charge < -0.3 is 9.64 Å². The maximum atomic E-state index is 12.6. The van der Waals surface area contributed by atoms with Gasteiger partial charge >= 0.3 is 5.97 Å². The molecule has 0 aromatic carbocycles. The molecule has 0 radical (unpaired) electrons. The second-order valence-corrected chi connectivity index (χ2v) is 7.08. The number of hydrogen-bond acceptors (Lipinski definition) is 4. The molecule has 5 nitrogen and oxygen atoms in total. The summed E-state index contributed by atoms with van der Waals surface area (Å²) in [5.41, 5.74) is 0.